The third-order valence-corrected chi connectivity index (χ3v) is 6.44. The summed E-state index contributed by atoms with van der Waals surface area (Å²) in [4.78, 5) is 2.87. The van der Waals surface area contributed by atoms with E-state index in [1.54, 1.807) is 0 Å². The summed E-state index contributed by atoms with van der Waals surface area (Å²) in [6, 6.07) is 1.85. The summed E-state index contributed by atoms with van der Waals surface area (Å²) >= 11 is 0. The maximum absolute atomic E-state index is 2.87. The van der Waals surface area contributed by atoms with Crippen LogP contribution in [0.25, 0.3) is 0 Å². The van der Waals surface area contributed by atoms with E-state index in [1.807, 2.05) is 0 Å². The van der Waals surface area contributed by atoms with E-state index in [-0.39, 0.29) is 0 Å². The molecule has 3 aliphatic rings. The minimum atomic E-state index is 0.924. The SMILES string of the molecule is CN1C2CCCCCCC2CCC2CCCCCC21. The number of likely N-dealkylation sites (tertiary alicyclic amines) is 1. The van der Waals surface area contributed by atoms with E-state index in [9.17, 15) is 0 Å². The summed E-state index contributed by atoms with van der Waals surface area (Å²) in [7, 11) is 2.48. The highest BCUT2D eigenvalue weighted by molar-refractivity contribution is 4.91. The Morgan fingerprint density at radius 1 is 0.526 bits per heavy atom. The van der Waals surface area contributed by atoms with Crippen LogP contribution in [0.1, 0.15) is 83.5 Å². The molecule has 0 aromatic rings. The second kappa shape index (κ2) is 6.61. The zero-order chi connectivity index (χ0) is 13.1. The van der Waals surface area contributed by atoms with E-state index >= 15 is 0 Å². The standard InChI is InChI=1S/C18H33N/c1-19-17-11-7-3-2-5-9-15(17)13-14-16-10-6-4-8-12-18(16)19/h15-18H,2-14H2,1H3. The van der Waals surface area contributed by atoms with Gasteiger partial charge in [0.1, 0.15) is 0 Å². The molecule has 110 valence electrons. The first-order chi connectivity index (χ1) is 9.36. The Hall–Kier alpha value is -0.0400. The van der Waals surface area contributed by atoms with E-state index in [1.165, 1.54) is 83.5 Å². The van der Waals surface area contributed by atoms with Gasteiger partial charge in [-0.1, -0.05) is 44.9 Å². The first-order valence-electron chi connectivity index (χ1n) is 9.08. The highest BCUT2D eigenvalue weighted by Crippen LogP contribution is 2.40. The van der Waals surface area contributed by atoms with Crippen LogP contribution in [0.2, 0.25) is 0 Å². The molecule has 4 atom stereocenters. The van der Waals surface area contributed by atoms with Crippen LogP contribution in [0.5, 0.6) is 0 Å². The summed E-state index contributed by atoms with van der Waals surface area (Å²) in [6.45, 7) is 0. The summed E-state index contributed by atoms with van der Waals surface area (Å²) < 4.78 is 0. The van der Waals surface area contributed by atoms with Gasteiger partial charge in [0.05, 0.1) is 0 Å². The van der Waals surface area contributed by atoms with Gasteiger partial charge < -0.3 is 0 Å². The fourth-order valence-corrected chi connectivity index (χ4v) is 5.33. The molecule has 0 radical (unpaired) electrons. The number of nitrogens with zero attached hydrogens (tertiary/aromatic N) is 1. The van der Waals surface area contributed by atoms with Crippen molar-refractivity contribution < 1.29 is 0 Å². The van der Waals surface area contributed by atoms with Crippen molar-refractivity contribution in [3.8, 4) is 0 Å². The molecule has 3 rings (SSSR count). The third kappa shape index (κ3) is 3.17. The van der Waals surface area contributed by atoms with Gasteiger partial charge in [0.2, 0.25) is 0 Å². The molecule has 1 saturated heterocycles. The predicted molar refractivity (Wildman–Crippen MR) is 82.3 cm³/mol. The zero-order valence-electron chi connectivity index (χ0n) is 12.9. The Labute approximate surface area is 120 Å². The topological polar surface area (TPSA) is 3.24 Å². The normalized spacial score (nSPS) is 42.2. The molecule has 0 N–H and O–H groups in total. The van der Waals surface area contributed by atoms with Crippen molar-refractivity contribution in [2.24, 2.45) is 11.8 Å². The van der Waals surface area contributed by atoms with Gasteiger partial charge in [-0.15, -0.1) is 0 Å². The number of hydrogen-bond donors (Lipinski definition) is 0. The number of fused-ring (bicyclic) bond motifs is 2. The predicted octanol–water partition coefficient (Wildman–Crippen LogP) is 5.00. The quantitative estimate of drug-likeness (QED) is 0.594. The second-order valence-corrected chi connectivity index (χ2v) is 7.53. The van der Waals surface area contributed by atoms with Crippen molar-refractivity contribution in [1.29, 1.82) is 0 Å². The van der Waals surface area contributed by atoms with Gasteiger partial charge >= 0.3 is 0 Å². The molecule has 1 heterocycles. The maximum atomic E-state index is 2.87. The molecule has 1 heteroatoms. The molecule has 19 heavy (non-hydrogen) atoms. The van der Waals surface area contributed by atoms with E-state index in [2.05, 4.69) is 11.9 Å². The van der Waals surface area contributed by atoms with Crippen molar-refractivity contribution in [3.05, 3.63) is 0 Å². The van der Waals surface area contributed by atoms with Crippen molar-refractivity contribution >= 4 is 0 Å². The molecule has 1 aliphatic heterocycles. The smallest absolute Gasteiger partial charge is 0.0123 e. The van der Waals surface area contributed by atoms with E-state index < -0.39 is 0 Å². The fourth-order valence-electron chi connectivity index (χ4n) is 5.33. The van der Waals surface area contributed by atoms with Crippen LogP contribution < -0.4 is 0 Å². The van der Waals surface area contributed by atoms with Gasteiger partial charge in [0.15, 0.2) is 0 Å². The van der Waals surface area contributed by atoms with Gasteiger partial charge in [-0.25, -0.2) is 0 Å². The summed E-state index contributed by atoms with van der Waals surface area (Å²) in [5, 5.41) is 0. The Morgan fingerprint density at radius 3 is 1.47 bits per heavy atom. The van der Waals surface area contributed by atoms with Gasteiger partial charge in [-0.05, 0) is 57.4 Å². The molecular weight excluding hydrogens is 230 g/mol. The molecule has 0 amide bonds. The van der Waals surface area contributed by atoms with Crippen LogP contribution in [-0.2, 0) is 0 Å². The highest BCUT2D eigenvalue weighted by Gasteiger charge is 2.37. The van der Waals surface area contributed by atoms with Crippen molar-refractivity contribution in [1.82, 2.24) is 4.90 Å². The van der Waals surface area contributed by atoms with Crippen molar-refractivity contribution in [3.63, 3.8) is 0 Å². The fraction of sp³-hybridized carbons (Fsp3) is 1.00. The van der Waals surface area contributed by atoms with Crippen LogP contribution >= 0.6 is 0 Å². The second-order valence-electron chi connectivity index (χ2n) is 7.53. The molecule has 1 nitrogen and oxygen atoms in total. The Bertz CT molecular complexity index is 275. The van der Waals surface area contributed by atoms with Crippen LogP contribution in [-0.4, -0.2) is 24.0 Å². The average molecular weight is 263 g/mol. The highest BCUT2D eigenvalue weighted by atomic mass is 15.2. The van der Waals surface area contributed by atoms with Crippen molar-refractivity contribution in [2.75, 3.05) is 7.05 Å². The molecule has 0 aromatic heterocycles. The first kappa shape index (κ1) is 13.9. The van der Waals surface area contributed by atoms with E-state index in [4.69, 9.17) is 0 Å². The average Bonchev–Trinajstić information content (AvgIpc) is 2.67. The molecule has 0 aromatic carbocycles. The molecular formula is C18H33N. The van der Waals surface area contributed by atoms with Gasteiger partial charge in [-0.2, -0.15) is 0 Å². The molecule has 0 bridgehead atoms. The molecule has 3 fully saturated rings. The van der Waals surface area contributed by atoms with E-state index in [0.29, 0.717) is 0 Å². The van der Waals surface area contributed by atoms with Crippen LogP contribution in [0.15, 0.2) is 0 Å². The van der Waals surface area contributed by atoms with Crippen LogP contribution in [0.3, 0.4) is 0 Å². The lowest BCUT2D eigenvalue weighted by molar-refractivity contribution is 0.0923. The van der Waals surface area contributed by atoms with Gasteiger partial charge in [-0.3, -0.25) is 4.90 Å². The largest absolute Gasteiger partial charge is 0.300 e. The maximum Gasteiger partial charge on any atom is 0.0123 e. The summed E-state index contributed by atoms with van der Waals surface area (Å²) in [5.41, 5.74) is 0. The lowest BCUT2D eigenvalue weighted by Gasteiger charge is -2.39. The Kier molecular flexibility index (Phi) is 4.84. The first-order valence-corrected chi connectivity index (χ1v) is 9.08. The lowest BCUT2D eigenvalue weighted by Crippen LogP contribution is -2.45. The van der Waals surface area contributed by atoms with Gasteiger partial charge in [0.25, 0.3) is 0 Å². The minimum Gasteiger partial charge on any atom is -0.300 e. The third-order valence-electron chi connectivity index (χ3n) is 6.44. The number of rotatable bonds is 0. The van der Waals surface area contributed by atoms with Gasteiger partial charge in [0, 0.05) is 12.1 Å². The Morgan fingerprint density at radius 2 is 0.947 bits per heavy atom. The number of hydrogen-bond acceptors (Lipinski definition) is 1. The van der Waals surface area contributed by atoms with Crippen molar-refractivity contribution in [2.45, 2.75) is 95.6 Å². The van der Waals surface area contributed by atoms with Crippen LogP contribution in [0, 0.1) is 11.8 Å². The monoisotopic (exact) mass is 263 g/mol. The molecule has 2 saturated carbocycles. The van der Waals surface area contributed by atoms with Crippen LogP contribution in [0.4, 0.5) is 0 Å². The summed E-state index contributed by atoms with van der Waals surface area (Å²) in [6.07, 6.45) is 19.6. The molecule has 2 aliphatic carbocycles. The lowest BCUT2D eigenvalue weighted by atomic mass is 9.83. The minimum absolute atomic E-state index is 0.924. The molecule has 4 unspecified atom stereocenters. The Balaban J connectivity index is 1.75. The summed E-state index contributed by atoms with van der Waals surface area (Å²) in [5.74, 6) is 2.05. The van der Waals surface area contributed by atoms with E-state index in [0.717, 1.165) is 23.9 Å². The molecule has 0 spiro atoms. The zero-order valence-corrected chi connectivity index (χ0v) is 12.9.